The van der Waals surface area contributed by atoms with Gasteiger partial charge in [0.15, 0.2) is 0 Å². The van der Waals surface area contributed by atoms with Gasteiger partial charge in [-0.1, -0.05) is 15.9 Å². The van der Waals surface area contributed by atoms with E-state index in [2.05, 4.69) is 22.0 Å². The first-order chi connectivity index (χ1) is 7.17. The van der Waals surface area contributed by atoms with Crippen LogP contribution in [0.15, 0.2) is 22.7 Å². The maximum absolute atomic E-state index is 8.90. The molecule has 0 fully saturated rings. The minimum absolute atomic E-state index is 0.0664. The third-order valence-corrected chi connectivity index (χ3v) is 2.28. The highest BCUT2D eigenvalue weighted by Crippen LogP contribution is 2.23. The van der Waals surface area contributed by atoms with E-state index in [9.17, 15) is 0 Å². The number of hydrogen-bond donors (Lipinski definition) is 0. The molecule has 0 aliphatic carbocycles. The fraction of sp³-hybridized carbons (Fsp3) is 0.364. The fourth-order valence-electron chi connectivity index (χ4n) is 1.18. The number of nitrogens with zero attached hydrogens (tertiary/aromatic N) is 1. The molecule has 3 nitrogen and oxygen atoms in total. The first-order valence-electron chi connectivity index (χ1n) is 4.52. The number of methoxy groups -OCH3 is 1. The highest BCUT2D eigenvalue weighted by atomic mass is 79.9. The lowest BCUT2D eigenvalue weighted by molar-refractivity contribution is 0.0919. The van der Waals surface area contributed by atoms with Crippen LogP contribution in [0.5, 0.6) is 5.75 Å². The summed E-state index contributed by atoms with van der Waals surface area (Å²) in [7, 11) is 1.62. The molecule has 80 valence electrons. The van der Waals surface area contributed by atoms with Gasteiger partial charge in [-0.3, -0.25) is 0 Å². The zero-order valence-electron chi connectivity index (χ0n) is 8.66. The third-order valence-electron chi connectivity index (χ3n) is 1.79. The molecule has 15 heavy (non-hydrogen) atoms. The quantitative estimate of drug-likeness (QED) is 0.844. The van der Waals surface area contributed by atoms with Gasteiger partial charge in [0.2, 0.25) is 0 Å². The first kappa shape index (κ1) is 12.0. The summed E-state index contributed by atoms with van der Waals surface area (Å²) in [6, 6.07) is 7.43. The summed E-state index contributed by atoms with van der Waals surface area (Å²) < 4.78 is 11.4. The highest BCUT2D eigenvalue weighted by Gasteiger charge is 2.08. The lowest BCUT2D eigenvalue weighted by Crippen LogP contribution is -2.18. The van der Waals surface area contributed by atoms with Gasteiger partial charge in [-0.25, -0.2) is 0 Å². The van der Waals surface area contributed by atoms with E-state index in [4.69, 9.17) is 14.7 Å². The molecule has 0 bridgehead atoms. The Kier molecular flexibility index (Phi) is 4.60. The lowest BCUT2D eigenvalue weighted by atomic mass is 10.2. The van der Waals surface area contributed by atoms with E-state index in [1.807, 2.05) is 13.0 Å². The summed E-state index contributed by atoms with van der Waals surface area (Å²) in [5.74, 6) is 0.588. The van der Waals surface area contributed by atoms with Crippen molar-refractivity contribution in [1.82, 2.24) is 0 Å². The average molecular weight is 270 g/mol. The summed E-state index contributed by atoms with van der Waals surface area (Å²) in [4.78, 5) is 0. The molecule has 0 saturated heterocycles. The maximum atomic E-state index is 8.90. The zero-order chi connectivity index (χ0) is 11.3. The van der Waals surface area contributed by atoms with Gasteiger partial charge < -0.3 is 9.47 Å². The van der Waals surface area contributed by atoms with Crippen LogP contribution in [0.2, 0.25) is 0 Å². The highest BCUT2D eigenvalue weighted by molar-refractivity contribution is 9.10. The normalized spacial score (nSPS) is 11.9. The molecule has 1 aromatic rings. The molecule has 1 atom stereocenters. The molecule has 0 spiro atoms. The smallest absolute Gasteiger partial charge is 0.137 e. The molecule has 0 saturated carbocycles. The second kappa shape index (κ2) is 5.74. The molecule has 1 unspecified atom stereocenters. The van der Waals surface area contributed by atoms with Gasteiger partial charge in [0.05, 0.1) is 12.2 Å². The molecular weight excluding hydrogens is 258 g/mol. The van der Waals surface area contributed by atoms with E-state index >= 15 is 0 Å². The minimum Gasteiger partial charge on any atom is -0.487 e. The van der Waals surface area contributed by atoms with Crippen molar-refractivity contribution < 1.29 is 9.47 Å². The first-order valence-corrected chi connectivity index (χ1v) is 5.32. The van der Waals surface area contributed by atoms with Crippen molar-refractivity contribution in [1.29, 1.82) is 5.26 Å². The second-order valence-corrected chi connectivity index (χ2v) is 4.05. The predicted molar refractivity (Wildman–Crippen MR) is 60.8 cm³/mol. The van der Waals surface area contributed by atoms with Crippen LogP contribution in [0, 0.1) is 11.3 Å². The monoisotopic (exact) mass is 269 g/mol. The maximum Gasteiger partial charge on any atom is 0.137 e. The summed E-state index contributed by atoms with van der Waals surface area (Å²) >= 11 is 3.30. The van der Waals surface area contributed by atoms with Crippen LogP contribution in [0.4, 0.5) is 0 Å². The SMILES string of the molecule is COCC(C)Oc1ccc(Br)cc1C#N. The molecular formula is C11H12BrNO2. The largest absolute Gasteiger partial charge is 0.487 e. The molecule has 0 radical (unpaired) electrons. The average Bonchev–Trinajstić information content (AvgIpc) is 2.21. The van der Waals surface area contributed by atoms with Crippen LogP contribution in [-0.2, 0) is 4.74 Å². The second-order valence-electron chi connectivity index (χ2n) is 3.14. The lowest BCUT2D eigenvalue weighted by Gasteiger charge is -2.14. The van der Waals surface area contributed by atoms with Crippen molar-refractivity contribution in [2.75, 3.05) is 13.7 Å². The Morgan fingerprint density at radius 3 is 2.87 bits per heavy atom. The Balaban J connectivity index is 2.81. The summed E-state index contributed by atoms with van der Waals surface area (Å²) in [5.41, 5.74) is 0.521. The molecule has 1 rings (SSSR count). The van der Waals surface area contributed by atoms with E-state index < -0.39 is 0 Å². The Labute approximate surface area is 97.7 Å². The van der Waals surface area contributed by atoms with Gasteiger partial charge in [-0.15, -0.1) is 0 Å². The van der Waals surface area contributed by atoms with Gasteiger partial charge in [0, 0.05) is 11.6 Å². The van der Waals surface area contributed by atoms with Crippen molar-refractivity contribution in [3.05, 3.63) is 28.2 Å². The van der Waals surface area contributed by atoms with Crippen LogP contribution in [-0.4, -0.2) is 19.8 Å². The predicted octanol–water partition coefficient (Wildman–Crippen LogP) is 2.73. The molecule has 0 aliphatic rings. The Bertz CT molecular complexity index is 373. The van der Waals surface area contributed by atoms with Crippen molar-refractivity contribution >= 4 is 15.9 Å². The van der Waals surface area contributed by atoms with Gasteiger partial charge in [0.1, 0.15) is 17.9 Å². The van der Waals surface area contributed by atoms with Crippen molar-refractivity contribution in [3.63, 3.8) is 0 Å². The van der Waals surface area contributed by atoms with E-state index in [1.165, 1.54) is 0 Å². The molecule has 0 aromatic heterocycles. The van der Waals surface area contributed by atoms with Crippen LogP contribution in [0.25, 0.3) is 0 Å². The van der Waals surface area contributed by atoms with Crippen LogP contribution in [0.3, 0.4) is 0 Å². The number of halogens is 1. The topological polar surface area (TPSA) is 42.2 Å². The summed E-state index contributed by atoms with van der Waals surface area (Å²) in [6.07, 6.45) is -0.0664. The number of ether oxygens (including phenoxy) is 2. The molecule has 1 aromatic carbocycles. The molecule has 0 amide bonds. The third kappa shape index (κ3) is 3.54. The van der Waals surface area contributed by atoms with Crippen molar-refractivity contribution in [3.8, 4) is 11.8 Å². The van der Waals surface area contributed by atoms with Gasteiger partial charge in [0.25, 0.3) is 0 Å². The van der Waals surface area contributed by atoms with E-state index in [0.717, 1.165) is 4.47 Å². The Hall–Kier alpha value is -1.05. The fourth-order valence-corrected chi connectivity index (χ4v) is 1.54. The minimum atomic E-state index is -0.0664. The standard InChI is InChI=1S/C11H12BrNO2/c1-8(7-14-2)15-11-4-3-10(12)5-9(11)6-13/h3-5,8H,7H2,1-2H3. The number of nitriles is 1. The molecule has 0 N–H and O–H groups in total. The van der Waals surface area contributed by atoms with Gasteiger partial charge in [-0.2, -0.15) is 5.26 Å². The van der Waals surface area contributed by atoms with E-state index in [0.29, 0.717) is 17.9 Å². The Morgan fingerprint density at radius 2 is 2.27 bits per heavy atom. The van der Waals surface area contributed by atoms with E-state index in [1.54, 1.807) is 19.2 Å². The van der Waals surface area contributed by atoms with Crippen LogP contribution in [0.1, 0.15) is 12.5 Å². The van der Waals surface area contributed by atoms with Crippen LogP contribution < -0.4 is 4.74 Å². The van der Waals surface area contributed by atoms with Crippen molar-refractivity contribution in [2.24, 2.45) is 0 Å². The van der Waals surface area contributed by atoms with Crippen LogP contribution >= 0.6 is 15.9 Å². The summed E-state index contributed by atoms with van der Waals surface area (Å²) in [6.45, 7) is 2.40. The number of benzene rings is 1. The number of hydrogen-bond acceptors (Lipinski definition) is 3. The molecule has 0 heterocycles. The van der Waals surface area contributed by atoms with Gasteiger partial charge in [-0.05, 0) is 25.1 Å². The van der Waals surface area contributed by atoms with Crippen molar-refractivity contribution in [2.45, 2.75) is 13.0 Å². The van der Waals surface area contributed by atoms with E-state index in [-0.39, 0.29) is 6.10 Å². The van der Waals surface area contributed by atoms with Gasteiger partial charge >= 0.3 is 0 Å². The molecule has 4 heteroatoms. The zero-order valence-corrected chi connectivity index (χ0v) is 10.2. The summed E-state index contributed by atoms with van der Waals surface area (Å²) in [5, 5.41) is 8.90. The Morgan fingerprint density at radius 1 is 1.53 bits per heavy atom. The number of rotatable bonds is 4. The molecule has 0 aliphatic heterocycles.